The topological polar surface area (TPSA) is 25.4 Å². The number of benzene rings is 2. The number of pyridine rings is 1. The number of nitrogens with zero attached hydrogens (tertiary/aromatic N) is 2. The SMILES string of the molecule is Fc1ccc(OC[C@H]2CC[C@@H](CN(Cc3ccccc3)Cc3ccccc3)CC2)nc1. The molecule has 3 aromatic rings. The van der Waals surface area contributed by atoms with Crippen LogP contribution in [0.25, 0.3) is 0 Å². The van der Waals surface area contributed by atoms with Crippen molar-refractivity contribution >= 4 is 0 Å². The van der Waals surface area contributed by atoms with Crippen molar-refractivity contribution in [2.45, 2.75) is 38.8 Å². The molecule has 3 nitrogen and oxygen atoms in total. The van der Waals surface area contributed by atoms with Crippen molar-refractivity contribution < 1.29 is 9.13 Å². The van der Waals surface area contributed by atoms with E-state index < -0.39 is 0 Å². The molecular formula is C27H31FN2O. The highest BCUT2D eigenvalue weighted by Gasteiger charge is 2.24. The fourth-order valence-electron chi connectivity index (χ4n) is 4.46. The predicted molar refractivity (Wildman–Crippen MR) is 122 cm³/mol. The first kappa shape index (κ1) is 21.5. The van der Waals surface area contributed by atoms with E-state index in [-0.39, 0.29) is 5.82 Å². The molecule has 0 unspecified atom stereocenters. The fraction of sp³-hybridized carbons (Fsp3) is 0.370. The summed E-state index contributed by atoms with van der Waals surface area (Å²) in [6, 6.07) is 24.5. The van der Waals surface area contributed by atoms with Crippen LogP contribution < -0.4 is 4.74 Å². The lowest BCUT2D eigenvalue weighted by Gasteiger charge is -2.33. The number of hydrogen-bond donors (Lipinski definition) is 0. The van der Waals surface area contributed by atoms with Gasteiger partial charge in [-0.2, -0.15) is 0 Å². The van der Waals surface area contributed by atoms with Gasteiger partial charge in [0.15, 0.2) is 0 Å². The van der Waals surface area contributed by atoms with E-state index in [4.69, 9.17) is 4.74 Å². The first-order chi connectivity index (χ1) is 15.2. The molecular weight excluding hydrogens is 387 g/mol. The Balaban J connectivity index is 1.28. The van der Waals surface area contributed by atoms with Gasteiger partial charge in [-0.25, -0.2) is 9.37 Å². The summed E-state index contributed by atoms with van der Waals surface area (Å²) in [5, 5.41) is 0. The summed E-state index contributed by atoms with van der Waals surface area (Å²) >= 11 is 0. The number of ether oxygens (including phenoxy) is 1. The standard InChI is InChI=1S/C27H31FN2O/c28-26-15-16-27(29-17-26)31-21-25-13-11-24(12-14-25)20-30(18-22-7-3-1-4-8-22)19-23-9-5-2-6-10-23/h1-10,15-17,24-25H,11-14,18-21H2/t24-,25+. The van der Waals surface area contributed by atoms with Gasteiger partial charge in [-0.15, -0.1) is 0 Å². The molecule has 0 aliphatic heterocycles. The van der Waals surface area contributed by atoms with Gasteiger partial charge < -0.3 is 4.74 Å². The summed E-state index contributed by atoms with van der Waals surface area (Å²) in [7, 11) is 0. The molecule has 4 rings (SSSR count). The Morgan fingerprint density at radius 3 is 1.90 bits per heavy atom. The summed E-state index contributed by atoms with van der Waals surface area (Å²) in [6.07, 6.45) is 6.02. The zero-order chi connectivity index (χ0) is 21.3. The van der Waals surface area contributed by atoms with Crippen LogP contribution in [0, 0.1) is 17.7 Å². The van der Waals surface area contributed by atoms with Gasteiger partial charge >= 0.3 is 0 Å². The van der Waals surface area contributed by atoms with E-state index in [0.29, 0.717) is 24.3 Å². The van der Waals surface area contributed by atoms with E-state index in [1.54, 1.807) is 6.07 Å². The Morgan fingerprint density at radius 2 is 1.35 bits per heavy atom. The Kier molecular flexibility index (Phi) is 7.67. The minimum Gasteiger partial charge on any atom is -0.477 e. The van der Waals surface area contributed by atoms with Gasteiger partial charge in [-0.3, -0.25) is 4.90 Å². The van der Waals surface area contributed by atoms with Gasteiger partial charge in [-0.1, -0.05) is 60.7 Å². The first-order valence-electron chi connectivity index (χ1n) is 11.3. The molecule has 31 heavy (non-hydrogen) atoms. The number of hydrogen-bond acceptors (Lipinski definition) is 3. The van der Waals surface area contributed by atoms with E-state index in [1.807, 2.05) is 0 Å². The molecule has 0 bridgehead atoms. The smallest absolute Gasteiger partial charge is 0.213 e. The Bertz CT molecular complexity index is 852. The zero-order valence-corrected chi connectivity index (χ0v) is 18.0. The summed E-state index contributed by atoms with van der Waals surface area (Å²) in [6.45, 7) is 3.75. The molecule has 4 heteroatoms. The maximum absolute atomic E-state index is 13.0. The Hall–Kier alpha value is -2.72. The lowest BCUT2D eigenvalue weighted by Crippen LogP contribution is -2.32. The molecule has 0 N–H and O–H groups in total. The first-order valence-corrected chi connectivity index (χ1v) is 11.3. The van der Waals surface area contributed by atoms with Gasteiger partial charge in [0.25, 0.3) is 0 Å². The van der Waals surface area contributed by atoms with Gasteiger partial charge in [0, 0.05) is 25.7 Å². The minimum absolute atomic E-state index is 0.330. The summed E-state index contributed by atoms with van der Waals surface area (Å²) < 4.78 is 18.8. The molecule has 0 atom stereocenters. The second-order valence-electron chi connectivity index (χ2n) is 8.65. The molecule has 1 aliphatic carbocycles. The normalized spacial score (nSPS) is 18.8. The highest BCUT2D eigenvalue weighted by atomic mass is 19.1. The van der Waals surface area contributed by atoms with E-state index in [1.165, 1.54) is 49.1 Å². The Labute approximate surface area is 184 Å². The van der Waals surface area contributed by atoms with Crippen LogP contribution in [0.2, 0.25) is 0 Å². The van der Waals surface area contributed by atoms with Crippen molar-refractivity contribution in [2.75, 3.05) is 13.2 Å². The maximum Gasteiger partial charge on any atom is 0.213 e. The van der Waals surface area contributed by atoms with Crippen LogP contribution in [-0.2, 0) is 13.1 Å². The third kappa shape index (κ3) is 6.90. The summed E-state index contributed by atoms with van der Waals surface area (Å²) in [5.74, 6) is 1.45. The van der Waals surface area contributed by atoms with Crippen molar-refractivity contribution in [2.24, 2.45) is 11.8 Å². The van der Waals surface area contributed by atoms with Crippen LogP contribution in [-0.4, -0.2) is 23.0 Å². The molecule has 1 aromatic heterocycles. The molecule has 2 aromatic carbocycles. The molecule has 162 valence electrons. The van der Waals surface area contributed by atoms with Crippen LogP contribution in [0.3, 0.4) is 0 Å². The molecule has 0 spiro atoms. The van der Waals surface area contributed by atoms with Gasteiger partial charge in [0.05, 0.1) is 12.8 Å². The maximum atomic E-state index is 13.0. The number of halogens is 1. The fourth-order valence-corrected chi connectivity index (χ4v) is 4.46. The molecule has 0 saturated heterocycles. The van der Waals surface area contributed by atoms with Crippen molar-refractivity contribution in [3.63, 3.8) is 0 Å². The van der Waals surface area contributed by atoms with Crippen LogP contribution >= 0.6 is 0 Å². The highest BCUT2D eigenvalue weighted by Crippen LogP contribution is 2.30. The lowest BCUT2D eigenvalue weighted by atomic mass is 9.82. The molecule has 1 fully saturated rings. The minimum atomic E-state index is -0.330. The highest BCUT2D eigenvalue weighted by molar-refractivity contribution is 5.17. The van der Waals surface area contributed by atoms with Crippen molar-refractivity contribution in [1.82, 2.24) is 9.88 Å². The van der Waals surface area contributed by atoms with Gasteiger partial charge in [0.1, 0.15) is 5.82 Å². The molecule has 1 heterocycles. The number of aromatic nitrogens is 1. The van der Waals surface area contributed by atoms with Crippen molar-refractivity contribution in [1.29, 1.82) is 0 Å². The van der Waals surface area contributed by atoms with Gasteiger partial charge in [-0.05, 0) is 54.7 Å². The van der Waals surface area contributed by atoms with Crippen LogP contribution in [0.1, 0.15) is 36.8 Å². The summed E-state index contributed by atoms with van der Waals surface area (Å²) in [4.78, 5) is 6.58. The van der Waals surface area contributed by atoms with E-state index in [9.17, 15) is 4.39 Å². The van der Waals surface area contributed by atoms with E-state index in [0.717, 1.165) is 19.6 Å². The average molecular weight is 419 g/mol. The Morgan fingerprint density at radius 1 is 0.774 bits per heavy atom. The molecule has 0 radical (unpaired) electrons. The van der Waals surface area contributed by atoms with Crippen LogP contribution in [0.15, 0.2) is 79.0 Å². The average Bonchev–Trinajstić information content (AvgIpc) is 2.81. The molecule has 0 amide bonds. The number of rotatable bonds is 9. The second-order valence-corrected chi connectivity index (χ2v) is 8.65. The largest absolute Gasteiger partial charge is 0.477 e. The van der Waals surface area contributed by atoms with Crippen molar-refractivity contribution in [3.8, 4) is 5.88 Å². The van der Waals surface area contributed by atoms with Gasteiger partial charge in [0.2, 0.25) is 5.88 Å². The quantitative estimate of drug-likeness (QED) is 0.419. The zero-order valence-electron chi connectivity index (χ0n) is 18.0. The molecule has 1 saturated carbocycles. The van der Waals surface area contributed by atoms with Crippen LogP contribution in [0.4, 0.5) is 4.39 Å². The summed E-state index contributed by atoms with van der Waals surface area (Å²) in [5.41, 5.74) is 2.74. The molecule has 1 aliphatic rings. The third-order valence-corrected chi connectivity index (χ3v) is 6.15. The monoisotopic (exact) mass is 418 g/mol. The lowest BCUT2D eigenvalue weighted by molar-refractivity contribution is 0.141. The third-order valence-electron chi connectivity index (χ3n) is 6.15. The van der Waals surface area contributed by atoms with E-state index in [2.05, 4.69) is 70.5 Å². The second kappa shape index (κ2) is 11.1. The van der Waals surface area contributed by atoms with Crippen molar-refractivity contribution in [3.05, 3.63) is 95.9 Å². The van der Waals surface area contributed by atoms with Crippen LogP contribution in [0.5, 0.6) is 5.88 Å². The predicted octanol–water partition coefficient (Wildman–Crippen LogP) is 6.11. The van der Waals surface area contributed by atoms with E-state index >= 15 is 0 Å².